The molecule has 11 heteroatoms. The molecule has 36 heavy (non-hydrogen) atoms. The normalized spacial score (nSPS) is 14.0. The molecule has 0 spiro atoms. The second kappa shape index (κ2) is 9.55. The van der Waals surface area contributed by atoms with Crippen LogP contribution in [-0.4, -0.2) is 49.9 Å². The first-order chi connectivity index (χ1) is 17.4. The quantitative estimate of drug-likeness (QED) is 0.442. The van der Waals surface area contributed by atoms with Gasteiger partial charge in [0, 0.05) is 43.4 Å². The summed E-state index contributed by atoms with van der Waals surface area (Å²) in [7, 11) is 1.45. The van der Waals surface area contributed by atoms with Crippen molar-refractivity contribution in [2.24, 2.45) is 5.10 Å². The van der Waals surface area contributed by atoms with Crippen LogP contribution in [0.4, 0.5) is 14.5 Å². The molecule has 0 aliphatic carbocycles. The topological polar surface area (TPSA) is 97.8 Å². The number of carbonyl (C=O) groups excluding carboxylic acids is 1. The highest BCUT2D eigenvalue weighted by Gasteiger charge is 2.25. The molecule has 0 radical (unpaired) electrons. The van der Waals surface area contributed by atoms with Crippen LogP contribution in [0.15, 0.2) is 84.0 Å². The van der Waals surface area contributed by atoms with Crippen molar-refractivity contribution >= 4 is 17.2 Å². The van der Waals surface area contributed by atoms with E-state index in [2.05, 4.69) is 15.3 Å². The van der Waals surface area contributed by atoms with Crippen molar-refractivity contribution < 1.29 is 23.4 Å². The van der Waals surface area contributed by atoms with Crippen LogP contribution in [0, 0.1) is 11.6 Å². The number of ether oxygens (including phenoxy) is 1. The van der Waals surface area contributed by atoms with E-state index < -0.39 is 11.6 Å². The maximum Gasteiger partial charge on any atom is 0.168 e. The van der Waals surface area contributed by atoms with Gasteiger partial charge in [-0.15, -0.1) is 0 Å². The third kappa shape index (κ3) is 4.39. The van der Waals surface area contributed by atoms with Gasteiger partial charge in [0.05, 0.1) is 36.3 Å². The van der Waals surface area contributed by atoms with Crippen LogP contribution in [-0.2, 0) is 9.53 Å². The molecule has 9 nitrogen and oxygen atoms in total. The number of benzene rings is 2. The molecule has 0 atom stereocenters. The van der Waals surface area contributed by atoms with Gasteiger partial charge in [0.25, 0.3) is 0 Å². The molecule has 5 rings (SSSR count). The van der Waals surface area contributed by atoms with Crippen molar-refractivity contribution in [1.82, 2.24) is 19.6 Å². The fourth-order valence-corrected chi connectivity index (χ4v) is 3.84. The summed E-state index contributed by atoms with van der Waals surface area (Å²) in [5.74, 6) is -1.68. The summed E-state index contributed by atoms with van der Waals surface area (Å²) in [4.78, 5) is 13.0. The molecule has 0 amide bonds. The first kappa shape index (κ1) is 23.1. The number of methoxy groups -OCH3 is 1. The average molecular weight is 490 g/mol. The molecule has 182 valence electrons. The van der Waals surface area contributed by atoms with Crippen molar-refractivity contribution in [1.29, 1.82) is 0 Å². The van der Waals surface area contributed by atoms with E-state index in [1.807, 2.05) is 0 Å². The second-order valence-corrected chi connectivity index (χ2v) is 7.93. The summed E-state index contributed by atoms with van der Waals surface area (Å²) in [6.45, 7) is -0.00836. The third-order valence-electron chi connectivity index (χ3n) is 5.54. The van der Waals surface area contributed by atoms with Crippen LogP contribution in [0.5, 0.6) is 5.75 Å². The van der Waals surface area contributed by atoms with Gasteiger partial charge in [-0.3, -0.25) is 4.79 Å². The van der Waals surface area contributed by atoms with Gasteiger partial charge in [-0.2, -0.15) is 15.3 Å². The number of hydrogen-bond donors (Lipinski definition) is 1. The van der Waals surface area contributed by atoms with E-state index in [-0.39, 0.29) is 47.2 Å². The molecule has 3 heterocycles. The zero-order valence-corrected chi connectivity index (χ0v) is 19.0. The fourth-order valence-electron chi connectivity index (χ4n) is 3.84. The number of hydrogen-bond acceptors (Lipinski definition) is 7. The third-order valence-corrected chi connectivity index (χ3v) is 5.54. The second-order valence-electron chi connectivity index (χ2n) is 7.93. The number of Topliss-reactive ketones (excluding diaryl/α,β-unsaturated/α-hetero) is 1. The van der Waals surface area contributed by atoms with Crippen LogP contribution in [0.1, 0.15) is 12.1 Å². The number of phenols is 1. The predicted molar refractivity (Wildman–Crippen MR) is 127 cm³/mol. The standard InChI is InChI=1S/C25H20F2N6O3/c1-36-15-16-14-32(22-6-3-17(11-20(22)27)31-10-2-8-28-31)30-21(13-25(16)35)23-7-9-29-33(23)24-12-18(34)4-5-19(24)26/h2-12,14,34H,13,15H2,1H3. The minimum Gasteiger partial charge on any atom is -0.508 e. The first-order valence-electron chi connectivity index (χ1n) is 10.9. The van der Waals surface area contributed by atoms with E-state index in [4.69, 9.17) is 4.74 Å². The van der Waals surface area contributed by atoms with E-state index in [1.165, 1.54) is 58.1 Å². The average Bonchev–Trinajstić information content (AvgIpc) is 3.54. The van der Waals surface area contributed by atoms with Crippen LogP contribution in [0.2, 0.25) is 0 Å². The zero-order valence-electron chi connectivity index (χ0n) is 19.0. The van der Waals surface area contributed by atoms with Gasteiger partial charge in [-0.1, -0.05) is 0 Å². The molecule has 0 fully saturated rings. The van der Waals surface area contributed by atoms with Gasteiger partial charge in [0.1, 0.15) is 22.9 Å². The van der Waals surface area contributed by atoms with E-state index >= 15 is 4.39 Å². The molecule has 1 N–H and O–H groups in total. The van der Waals surface area contributed by atoms with E-state index in [1.54, 1.807) is 30.6 Å². The number of aromatic hydroxyl groups is 1. The molecule has 0 saturated carbocycles. The predicted octanol–water partition coefficient (Wildman–Crippen LogP) is 3.76. The van der Waals surface area contributed by atoms with E-state index in [0.717, 1.165) is 6.07 Å². The Hall–Kier alpha value is -4.64. The van der Waals surface area contributed by atoms with E-state index in [0.29, 0.717) is 11.4 Å². The lowest BCUT2D eigenvalue weighted by atomic mass is 10.1. The number of rotatable bonds is 6. The van der Waals surface area contributed by atoms with Crippen molar-refractivity contribution in [2.45, 2.75) is 6.42 Å². The zero-order chi connectivity index (χ0) is 25.2. The number of nitrogens with zero attached hydrogens (tertiary/aromatic N) is 6. The number of phenolic OH excluding ortho intramolecular Hbond substituents is 1. The molecule has 2 aromatic heterocycles. The fraction of sp³-hybridized carbons (Fsp3) is 0.120. The van der Waals surface area contributed by atoms with Gasteiger partial charge < -0.3 is 9.84 Å². The monoisotopic (exact) mass is 490 g/mol. The molecule has 0 unspecified atom stereocenters. The van der Waals surface area contributed by atoms with Crippen molar-refractivity contribution in [3.8, 4) is 17.1 Å². The summed E-state index contributed by atoms with van der Waals surface area (Å²) in [5, 5.41) is 23.9. The lowest BCUT2D eigenvalue weighted by Gasteiger charge is -2.18. The Morgan fingerprint density at radius 1 is 1.03 bits per heavy atom. The minimum atomic E-state index is -0.631. The molecular weight excluding hydrogens is 470 g/mol. The van der Waals surface area contributed by atoms with Gasteiger partial charge >= 0.3 is 0 Å². The maximum atomic E-state index is 15.3. The first-order valence-corrected chi connectivity index (χ1v) is 10.9. The van der Waals surface area contributed by atoms with Crippen molar-refractivity contribution in [3.63, 3.8) is 0 Å². The molecule has 0 saturated heterocycles. The number of carbonyl (C=O) groups is 1. The molecule has 0 bridgehead atoms. The molecule has 1 aliphatic rings. The summed E-state index contributed by atoms with van der Waals surface area (Å²) in [6.07, 6.45) is 5.95. The Balaban J connectivity index is 1.61. The smallest absolute Gasteiger partial charge is 0.168 e. The maximum absolute atomic E-state index is 15.3. The highest BCUT2D eigenvalue weighted by atomic mass is 19.1. The number of aromatic nitrogens is 4. The Morgan fingerprint density at radius 3 is 2.64 bits per heavy atom. The Bertz CT molecular complexity index is 1490. The van der Waals surface area contributed by atoms with Crippen LogP contribution < -0.4 is 5.01 Å². The largest absolute Gasteiger partial charge is 0.508 e. The summed E-state index contributed by atoms with van der Waals surface area (Å²) >= 11 is 0. The molecule has 1 aliphatic heterocycles. The van der Waals surface area contributed by atoms with Gasteiger partial charge in [-0.05, 0) is 36.4 Å². The summed E-state index contributed by atoms with van der Waals surface area (Å²) in [6, 6.07) is 11.3. The summed E-state index contributed by atoms with van der Waals surface area (Å²) in [5.41, 5.74) is 1.37. The van der Waals surface area contributed by atoms with Crippen LogP contribution in [0.3, 0.4) is 0 Å². The lowest BCUT2D eigenvalue weighted by molar-refractivity contribution is -0.115. The number of hydrazone groups is 1. The number of halogens is 2. The van der Waals surface area contributed by atoms with Crippen molar-refractivity contribution in [2.75, 3.05) is 18.7 Å². The molecule has 2 aromatic carbocycles. The van der Waals surface area contributed by atoms with Crippen LogP contribution in [0.25, 0.3) is 11.4 Å². The highest BCUT2D eigenvalue weighted by molar-refractivity contribution is 6.16. The SMILES string of the molecule is COCC1=CN(c2ccc(-n3cccn3)cc2F)N=C(c2ccnn2-c2cc(O)ccc2F)CC1=O. The Morgan fingerprint density at radius 2 is 1.89 bits per heavy atom. The lowest BCUT2D eigenvalue weighted by Crippen LogP contribution is -2.17. The minimum absolute atomic E-state index is 0.00836. The van der Waals surface area contributed by atoms with Gasteiger partial charge in [-0.25, -0.2) is 23.2 Å². The van der Waals surface area contributed by atoms with Crippen molar-refractivity contribution in [3.05, 3.63) is 96.2 Å². The Labute approximate surface area is 204 Å². The Kier molecular flexibility index (Phi) is 6.13. The molecule has 4 aromatic rings. The number of anilines is 1. The molecular formula is C25H20F2N6O3. The van der Waals surface area contributed by atoms with Gasteiger partial charge in [0.15, 0.2) is 11.6 Å². The number of ketones is 1. The summed E-state index contributed by atoms with van der Waals surface area (Å²) < 4.78 is 37.8. The van der Waals surface area contributed by atoms with Crippen LogP contribution >= 0.6 is 0 Å². The van der Waals surface area contributed by atoms with Gasteiger partial charge in [0.2, 0.25) is 0 Å². The highest BCUT2D eigenvalue weighted by Crippen LogP contribution is 2.28. The van der Waals surface area contributed by atoms with E-state index in [9.17, 15) is 14.3 Å².